The SMILES string of the molecule is CC(C)NC1(C(C)C)CCCN(C)C1.CC(C)NC1(C(C)C)CCN(C)CC1.CC(C)NC1(C(C)C)CCOCC1.CC(C)NC1(C(C)C)CCOCC1.CC(C)NC1(C(C)C)COC1.CC(C)NC1(C(C)C)Cc2ccccc2C1. The number of nitrogens with one attached hydrogen (secondary N) is 6. The lowest BCUT2D eigenvalue weighted by Gasteiger charge is -2.46. The van der Waals surface area contributed by atoms with Gasteiger partial charge in [-0.2, -0.15) is 0 Å². The van der Waals surface area contributed by atoms with Gasteiger partial charge in [0, 0.05) is 96.9 Å². The zero-order valence-corrected chi connectivity index (χ0v) is 58.5. The monoisotopic (exact) mass is 1140 g/mol. The highest BCUT2D eigenvalue weighted by Crippen LogP contribution is 2.37. The highest BCUT2D eigenvalue weighted by atomic mass is 16.5. The molecule has 0 spiro atoms. The number of hydrogen-bond acceptors (Lipinski definition) is 11. The van der Waals surface area contributed by atoms with Crippen LogP contribution in [0.1, 0.15) is 229 Å². The maximum atomic E-state index is 5.42. The van der Waals surface area contributed by atoms with Gasteiger partial charge in [-0.15, -0.1) is 0 Å². The van der Waals surface area contributed by atoms with Gasteiger partial charge >= 0.3 is 0 Å². The summed E-state index contributed by atoms with van der Waals surface area (Å²) in [5.74, 6) is 4.17. The predicted octanol–water partition coefficient (Wildman–Crippen LogP) is 13.2. The van der Waals surface area contributed by atoms with Crippen LogP contribution < -0.4 is 31.9 Å². The molecule has 0 saturated carbocycles. The van der Waals surface area contributed by atoms with Gasteiger partial charge in [0.25, 0.3) is 0 Å². The van der Waals surface area contributed by atoms with Crippen LogP contribution in [0.3, 0.4) is 0 Å². The first-order valence-corrected chi connectivity index (χ1v) is 33.5. The Morgan fingerprint density at radius 2 is 0.630 bits per heavy atom. The van der Waals surface area contributed by atoms with Crippen LogP contribution in [0.15, 0.2) is 24.3 Å². The topological polar surface area (TPSA) is 106 Å². The first-order valence-electron chi connectivity index (χ1n) is 33.5. The number of hydrogen-bond donors (Lipinski definition) is 6. The van der Waals surface area contributed by atoms with Crippen molar-refractivity contribution < 1.29 is 14.2 Å². The fourth-order valence-electron chi connectivity index (χ4n) is 13.9. The Kier molecular flexibility index (Phi) is 33.3. The fourth-order valence-corrected chi connectivity index (χ4v) is 13.9. The number of ether oxygens (including phenoxy) is 3. The van der Waals surface area contributed by atoms with Crippen LogP contribution in [0.5, 0.6) is 0 Å². The predicted molar refractivity (Wildman–Crippen MR) is 353 cm³/mol. The molecule has 6 N–H and O–H groups in total. The first kappa shape index (κ1) is 75.9. The molecular formula is C70H140N8O3. The molecule has 478 valence electrons. The smallest absolute Gasteiger partial charge is 0.0678 e. The van der Waals surface area contributed by atoms with E-state index in [1.807, 2.05) is 0 Å². The number of likely N-dealkylation sites (tertiary alicyclic amines) is 2. The average Bonchev–Trinajstić information content (AvgIpc) is 3.97. The van der Waals surface area contributed by atoms with Crippen LogP contribution in [0.2, 0.25) is 0 Å². The summed E-state index contributed by atoms with van der Waals surface area (Å²) < 4.78 is 16.1. The van der Waals surface area contributed by atoms with Gasteiger partial charge in [-0.1, -0.05) is 190 Å². The lowest BCUT2D eigenvalue weighted by molar-refractivity contribution is -0.101. The summed E-state index contributed by atoms with van der Waals surface area (Å²) in [6.45, 7) is 64.8. The van der Waals surface area contributed by atoms with E-state index in [9.17, 15) is 0 Å². The zero-order valence-electron chi connectivity index (χ0n) is 58.5. The highest BCUT2D eigenvalue weighted by Gasteiger charge is 2.43. The zero-order chi connectivity index (χ0) is 61.6. The molecule has 5 fully saturated rings. The molecule has 0 radical (unpaired) electrons. The van der Waals surface area contributed by atoms with Gasteiger partial charge < -0.3 is 55.9 Å². The van der Waals surface area contributed by atoms with Crippen molar-refractivity contribution in [2.75, 3.05) is 79.9 Å². The van der Waals surface area contributed by atoms with Crippen LogP contribution in [0.25, 0.3) is 0 Å². The first-order chi connectivity index (χ1) is 37.7. The fraction of sp³-hybridized carbons (Fsp3) is 0.914. The van der Waals surface area contributed by atoms with Gasteiger partial charge in [0.1, 0.15) is 0 Å². The highest BCUT2D eigenvalue weighted by molar-refractivity contribution is 5.36. The van der Waals surface area contributed by atoms with E-state index in [0.29, 0.717) is 88.0 Å². The molecule has 1 aromatic rings. The Hall–Kier alpha value is -1.22. The number of piperidine rings is 2. The maximum Gasteiger partial charge on any atom is 0.0678 e. The Bertz CT molecular complexity index is 1720. The Morgan fingerprint density at radius 3 is 0.901 bits per heavy atom. The lowest BCUT2D eigenvalue weighted by atomic mass is 9.77. The van der Waals surface area contributed by atoms with Crippen molar-refractivity contribution >= 4 is 0 Å². The molecule has 5 aliphatic heterocycles. The third-order valence-corrected chi connectivity index (χ3v) is 19.3. The molecule has 0 aromatic heterocycles. The summed E-state index contributed by atoms with van der Waals surface area (Å²) in [6.07, 6.45) is 12.2. The summed E-state index contributed by atoms with van der Waals surface area (Å²) in [5, 5.41) is 22.4. The number of nitrogens with zero attached hydrogens (tertiary/aromatic N) is 2. The second-order valence-corrected chi connectivity index (χ2v) is 30.1. The Morgan fingerprint density at radius 1 is 0.333 bits per heavy atom. The van der Waals surface area contributed by atoms with Crippen LogP contribution in [0.4, 0.5) is 0 Å². The summed E-state index contributed by atoms with van der Waals surface area (Å²) >= 11 is 0. The second-order valence-electron chi connectivity index (χ2n) is 30.1. The van der Waals surface area contributed by atoms with Gasteiger partial charge in [-0.05, 0) is 145 Å². The normalized spacial score (nSPS) is 23.1. The molecule has 0 amide bonds. The molecule has 5 heterocycles. The molecule has 5 saturated heterocycles. The van der Waals surface area contributed by atoms with E-state index in [1.54, 1.807) is 0 Å². The van der Waals surface area contributed by atoms with Crippen LogP contribution in [0, 0.1) is 35.5 Å². The van der Waals surface area contributed by atoms with Crippen molar-refractivity contribution in [2.45, 2.75) is 300 Å². The minimum absolute atomic E-state index is 0.272. The molecule has 1 aliphatic carbocycles. The third kappa shape index (κ3) is 24.5. The second kappa shape index (κ2) is 35.6. The summed E-state index contributed by atoms with van der Waals surface area (Å²) in [6, 6.07) is 12.3. The van der Waals surface area contributed by atoms with Gasteiger partial charge in [-0.25, -0.2) is 0 Å². The molecule has 11 heteroatoms. The van der Waals surface area contributed by atoms with Crippen molar-refractivity contribution in [1.29, 1.82) is 0 Å². The molecule has 7 rings (SSSR count). The van der Waals surface area contributed by atoms with E-state index in [0.717, 1.165) is 71.2 Å². The molecule has 81 heavy (non-hydrogen) atoms. The van der Waals surface area contributed by atoms with E-state index >= 15 is 0 Å². The number of fused-ring (bicyclic) bond motifs is 1. The van der Waals surface area contributed by atoms with Crippen molar-refractivity contribution in [2.24, 2.45) is 35.5 Å². The minimum Gasteiger partial charge on any atom is -0.381 e. The third-order valence-electron chi connectivity index (χ3n) is 19.3. The van der Waals surface area contributed by atoms with E-state index < -0.39 is 0 Å². The number of likely N-dealkylation sites (N-methyl/N-ethyl adjacent to an activating group) is 1. The maximum absolute atomic E-state index is 5.42. The number of rotatable bonds is 18. The van der Waals surface area contributed by atoms with E-state index in [-0.39, 0.29) is 11.1 Å². The van der Waals surface area contributed by atoms with Crippen molar-refractivity contribution in [3.05, 3.63) is 35.4 Å². The lowest BCUT2D eigenvalue weighted by Crippen LogP contribution is -2.65. The van der Waals surface area contributed by atoms with E-state index in [4.69, 9.17) is 14.2 Å². The molecule has 11 nitrogen and oxygen atoms in total. The van der Waals surface area contributed by atoms with Gasteiger partial charge in [-0.3, -0.25) is 0 Å². The van der Waals surface area contributed by atoms with Crippen LogP contribution in [-0.4, -0.2) is 159 Å². The molecule has 1 unspecified atom stereocenters. The van der Waals surface area contributed by atoms with E-state index in [2.05, 4.69) is 246 Å². The largest absolute Gasteiger partial charge is 0.381 e. The average molecular weight is 1140 g/mol. The summed E-state index contributed by atoms with van der Waals surface area (Å²) in [4.78, 5) is 4.89. The van der Waals surface area contributed by atoms with Crippen molar-refractivity contribution in [1.82, 2.24) is 41.7 Å². The van der Waals surface area contributed by atoms with Crippen LogP contribution in [-0.2, 0) is 27.1 Å². The van der Waals surface area contributed by atoms with Crippen molar-refractivity contribution in [3.8, 4) is 0 Å². The quantitative estimate of drug-likeness (QED) is 0.0847. The number of benzene rings is 1. The van der Waals surface area contributed by atoms with Gasteiger partial charge in [0.2, 0.25) is 0 Å². The molecule has 1 aromatic carbocycles. The van der Waals surface area contributed by atoms with E-state index in [1.165, 1.54) is 75.8 Å². The van der Waals surface area contributed by atoms with Gasteiger partial charge in [0.15, 0.2) is 0 Å². The molecule has 1 atom stereocenters. The van der Waals surface area contributed by atoms with Gasteiger partial charge in [0.05, 0.1) is 18.8 Å². The standard InChI is InChI=1S/C15H23N.2C12H26N2.2C11H23NO.C9H19NO/c1-11(2)15(16-12(3)4)9-13-7-5-6-8-14(13)10-15;1-10(2)12(13-11(3)4)6-8-14(5)9-7-12;1-10(2)12(13-11(3)4)7-6-8-14(5)9-12;2*1-9(2)11(12-10(3)4)5-7-13-8-6-11;1-7(2)9(5-11-6-9)10-8(3)4/h5-8,11-12,16H,9-10H2,1-4H3;2*10-11,13H,6-9H2,1-5H3;2*9-10,12H,5-8H2,1-4H3;7-8,10H,5-6H2,1-4H3. The molecule has 0 bridgehead atoms. The van der Waals surface area contributed by atoms with Crippen LogP contribution >= 0.6 is 0 Å². The van der Waals surface area contributed by atoms with Crippen molar-refractivity contribution in [3.63, 3.8) is 0 Å². The minimum atomic E-state index is 0.272. The summed E-state index contributed by atoms with van der Waals surface area (Å²) in [5.41, 5.74) is 5.00. The Labute approximate surface area is 504 Å². The molecular weight excluding hydrogens is 1000 g/mol. The Balaban J connectivity index is 0.000000333. The molecule has 6 aliphatic rings. The summed E-state index contributed by atoms with van der Waals surface area (Å²) in [7, 11) is 4.46.